The number of carbonyl (C=O) groups excluding carboxylic acids is 2. The Morgan fingerprint density at radius 3 is 2.59 bits per heavy atom. The molecule has 1 aromatic rings. The van der Waals surface area contributed by atoms with E-state index >= 15 is 0 Å². The first-order chi connectivity index (χ1) is 12.8. The van der Waals surface area contributed by atoms with E-state index in [2.05, 4.69) is 23.9 Å². The number of carbonyl (C=O) groups is 2. The van der Waals surface area contributed by atoms with E-state index in [9.17, 15) is 18.4 Å². The highest BCUT2D eigenvalue weighted by Crippen LogP contribution is 2.29. The Morgan fingerprint density at radius 2 is 1.93 bits per heavy atom. The number of benzene rings is 1. The number of hydrogen-bond donors (Lipinski definition) is 1. The van der Waals surface area contributed by atoms with Crippen molar-refractivity contribution in [2.75, 3.05) is 6.61 Å². The largest absolute Gasteiger partial charge is 0.452 e. The minimum Gasteiger partial charge on any atom is -0.452 e. The van der Waals surface area contributed by atoms with Crippen LogP contribution in [0.15, 0.2) is 30.3 Å². The predicted octanol–water partition coefficient (Wildman–Crippen LogP) is 3.79. The predicted molar refractivity (Wildman–Crippen MR) is 97.2 cm³/mol. The zero-order chi connectivity index (χ0) is 19.8. The number of esters is 1. The van der Waals surface area contributed by atoms with Gasteiger partial charge in [0.1, 0.15) is 5.75 Å². The van der Waals surface area contributed by atoms with Gasteiger partial charge in [0.25, 0.3) is 5.91 Å². The fraction of sp³-hybridized carbons (Fsp3) is 0.500. The maximum absolute atomic E-state index is 12.1. The average molecular weight is 381 g/mol. The first-order valence-electron chi connectivity index (χ1n) is 9.04. The molecular weight excluding hydrogens is 356 g/mol. The second-order valence-electron chi connectivity index (χ2n) is 6.83. The van der Waals surface area contributed by atoms with Crippen LogP contribution in [0.3, 0.4) is 0 Å². The molecule has 1 aliphatic rings. The number of hydrogen-bond acceptors (Lipinski definition) is 4. The quantitative estimate of drug-likeness (QED) is 0.577. The van der Waals surface area contributed by atoms with Gasteiger partial charge in [-0.2, -0.15) is 8.78 Å². The molecule has 1 amide bonds. The Balaban J connectivity index is 1.75. The molecule has 3 atom stereocenters. The zero-order valence-electron chi connectivity index (χ0n) is 15.5. The maximum Gasteiger partial charge on any atom is 0.387 e. The molecule has 1 aliphatic carbocycles. The number of ether oxygens (including phenoxy) is 2. The average Bonchev–Trinajstić information content (AvgIpc) is 2.63. The highest BCUT2D eigenvalue weighted by atomic mass is 19.3. The second kappa shape index (κ2) is 10.0. The summed E-state index contributed by atoms with van der Waals surface area (Å²) in [5.74, 6) is 0.0364. The number of halogens is 2. The van der Waals surface area contributed by atoms with Gasteiger partial charge in [0.15, 0.2) is 6.61 Å². The van der Waals surface area contributed by atoms with E-state index < -0.39 is 12.6 Å². The molecule has 0 heterocycles. The van der Waals surface area contributed by atoms with E-state index in [0.29, 0.717) is 17.4 Å². The van der Waals surface area contributed by atoms with Crippen LogP contribution in [-0.4, -0.2) is 31.1 Å². The van der Waals surface area contributed by atoms with E-state index in [4.69, 9.17) is 4.74 Å². The van der Waals surface area contributed by atoms with Crippen LogP contribution in [0.5, 0.6) is 5.75 Å². The molecule has 148 valence electrons. The van der Waals surface area contributed by atoms with E-state index in [1.165, 1.54) is 42.8 Å². The van der Waals surface area contributed by atoms with Crippen LogP contribution in [-0.2, 0) is 14.3 Å². The molecule has 27 heavy (non-hydrogen) atoms. The van der Waals surface area contributed by atoms with Gasteiger partial charge in [-0.1, -0.05) is 38.8 Å². The van der Waals surface area contributed by atoms with E-state index in [0.717, 1.165) is 12.8 Å². The summed E-state index contributed by atoms with van der Waals surface area (Å²) in [6.07, 6.45) is 5.85. The molecule has 5 nitrogen and oxygen atoms in total. The molecule has 1 saturated carbocycles. The molecule has 0 bridgehead atoms. The molecular formula is C20H25F2NO4. The van der Waals surface area contributed by atoms with E-state index in [1.54, 1.807) is 0 Å². The molecule has 1 aromatic carbocycles. The van der Waals surface area contributed by atoms with Crippen molar-refractivity contribution in [3.05, 3.63) is 35.9 Å². The summed E-state index contributed by atoms with van der Waals surface area (Å²) in [6.45, 7) is 1.09. The summed E-state index contributed by atoms with van der Waals surface area (Å²) < 4.78 is 33.4. The van der Waals surface area contributed by atoms with Gasteiger partial charge in [-0.25, -0.2) is 4.79 Å². The summed E-state index contributed by atoms with van der Waals surface area (Å²) in [4.78, 5) is 23.7. The van der Waals surface area contributed by atoms with Crippen LogP contribution in [0.1, 0.15) is 38.7 Å². The molecule has 1 N–H and O–H groups in total. The van der Waals surface area contributed by atoms with Crippen LogP contribution in [0, 0.1) is 11.8 Å². The lowest BCUT2D eigenvalue weighted by atomic mass is 9.78. The van der Waals surface area contributed by atoms with E-state index in [1.807, 2.05) is 0 Å². The third-order valence-corrected chi connectivity index (χ3v) is 4.92. The van der Waals surface area contributed by atoms with Gasteiger partial charge >= 0.3 is 12.6 Å². The Kier molecular flexibility index (Phi) is 7.76. The standard InChI is InChI=1S/C20H25F2NO4/c1-13-4-3-5-17(14(13)2)23-18(24)12-26-19(25)11-8-15-6-9-16(10-7-15)27-20(21)22/h6-11,13-14,17,20H,3-5,12H2,1-2H3,(H,23,24)/b11-8+/t13-,14+,17-/m0/s1. The van der Waals surface area contributed by atoms with Crippen molar-refractivity contribution in [1.82, 2.24) is 5.32 Å². The number of nitrogens with one attached hydrogen (secondary N) is 1. The topological polar surface area (TPSA) is 64.6 Å². The van der Waals surface area contributed by atoms with Gasteiger partial charge in [0.05, 0.1) is 0 Å². The molecule has 0 aliphatic heterocycles. The SMILES string of the molecule is C[C@H]1[C@@H](NC(=O)COC(=O)/C=C/c2ccc(OC(F)F)cc2)CCC[C@@H]1C. The number of alkyl halides is 2. The molecule has 7 heteroatoms. The Bertz CT molecular complexity index is 660. The van der Waals surface area contributed by atoms with Crippen LogP contribution in [0.2, 0.25) is 0 Å². The molecule has 2 rings (SSSR count). The van der Waals surface area contributed by atoms with Gasteiger partial charge in [0, 0.05) is 12.1 Å². The first-order valence-corrected chi connectivity index (χ1v) is 9.04. The van der Waals surface area contributed by atoms with Crippen LogP contribution in [0.4, 0.5) is 8.78 Å². The van der Waals surface area contributed by atoms with Crippen LogP contribution >= 0.6 is 0 Å². The van der Waals surface area contributed by atoms with Crippen molar-refractivity contribution in [2.24, 2.45) is 11.8 Å². The monoisotopic (exact) mass is 381 g/mol. The van der Waals surface area contributed by atoms with Crippen molar-refractivity contribution in [1.29, 1.82) is 0 Å². The van der Waals surface area contributed by atoms with Crippen molar-refractivity contribution < 1.29 is 27.8 Å². The minimum atomic E-state index is -2.88. The zero-order valence-corrected chi connectivity index (χ0v) is 15.5. The normalized spacial score (nSPS) is 22.6. The minimum absolute atomic E-state index is 0.0349. The van der Waals surface area contributed by atoms with Crippen molar-refractivity contribution in [2.45, 2.75) is 45.8 Å². The summed E-state index contributed by atoms with van der Waals surface area (Å²) in [5.41, 5.74) is 0.614. The maximum atomic E-state index is 12.1. The van der Waals surface area contributed by atoms with Crippen LogP contribution < -0.4 is 10.1 Å². The molecule has 1 fully saturated rings. The lowest BCUT2D eigenvalue weighted by molar-refractivity contribution is -0.144. The van der Waals surface area contributed by atoms with Crippen molar-refractivity contribution >= 4 is 18.0 Å². The fourth-order valence-electron chi connectivity index (χ4n) is 3.14. The molecule has 0 saturated heterocycles. The lowest BCUT2D eigenvalue weighted by Gasteiger charge is -2.34. The molecule has 0 spiro atoms. The van der Waals surface area contributed by atoms with Crippen molar-refractivity contribution in [3.8, 4) is 5.75 Å². The summed E-state index contributed by atoms with van der Waals surface area (Å²) in [6, 6.07) is 5.91. The highest BCUT2D eigenvalue weighted by Gasteiger charge is 2.28. The lowest BCUT2D eigenvalue weighted by Crippen LogP contribution is -2.45. The summed E-state index contributed by atoms with van der Waals surface area (Å²) >= 11 is 0. The van der Waals surface area contributed by atoms with Gasteiger partial charge < -0.3 is 14.8 Å². The van der Waals surface area contributed by atoms with Gasteiger partial charge in [0.2, 0.25) is 0 Å². The van der Waals surface area contributed by atoms with Crippen LogP contribution in [0.25, 0.3) is 6.08 Å². The first kappa shape index (κ1) is 20.9. The van der Waals surface area contributed by atoms with Gasteiger partial charge in [-0.05, 0) is 42.0 Å². The smallest absolute Gasteiger partial charge is 0.387 e. The number of rotatable bonds is 7. The molecule has 0 radical (unpaired) electrons. The highest BCUT2D eigenvalue weighted by molar-refractivity contribution is 5.89. The Labute approximate surface area is 157 Å². The van der Waals surface area contributed by atoms with Crippen molar-refractivity contribution in [3.63, 3.8) is 0 Å². The second-order valence-corrected chi connectivity index (χ2v) is 6.83. The number of amides is 1. The summed E-state index contributed by atoms with van der Waals surface area (Å²) in [5, 5.41) is 2.93. The van der Waals surface area contributed by atoms with E-state index in [-0.39, 0.29) is 24.3 Å². The third kappa shape index (κ3) is 7.00. The van der Waals surface area contributed by atoms with Gasteiger partial charge in [-0.3, -0.25) is 4.79 Å². The molecule has 0 aromatic heterocycles. The fourth-order valence-corrected chi connectivity index (χ4v) is 3.14. The molecule has 0 unspecified atom stereocenters. The third-order valence-electron chi connectivity index (χ3n) is 4.92. The summed E-state index contributed by atoms with van der Waals surface area (Å²) in [7, 11) is 0. The Morgan fingerprint density at radius 1 is 1.22 bits per heavy atom. The Hall–Kier alpha value is -2.44. The van der Waals surface area contributed by atoms with Gasteiger partial charge in [-0.15, -0.1) is 0 Å².